The van der Waals surface area contributed by atoms with Crippen molar-refractivity contribution in [2.24, 2.45) is 0 Å². The molecule has 0 saturated heterocycles. The average Bonchev–Trinajstić information content (AvgIpc) is 2.37. The molecule has 0 heterocycles. The number of Topliss-reactive ketones (excluding diaryl/α,β-unsaturated/α-hetero) is 1. The first kappa shape index (κ1) is 14.0. The summed E-state index contributed by atoms with van der Waals surface area (Å²) in [6, 6.07) is 2.95. The minimum atomic E-state index is -1.55. The van der Waals surface area contributed by atoms with Gasteiger partial charge in [-0.25, -0.2) is 4.79 Å². The van der Waals surface area contributed by atoms with Crippen LogP contribution in [-0.4, -0.2) is 38.2 Å². The molecule has 1 aromatic carbocycles. The fourth-order valence-electron chi connectivity index (χ4n) is 1.57. The van der Waals surface area contributed by atoms with Crippen LogP contribution in [-0.2, 0) is 16.1 Å². The van der Waals surface area contributed by atoms with Crippen LogP contribution in [0.4, 0.5) is 0 Å². The van der Waals surface area contributed by atoms with Gasteiger partial charge in [0.05, 0.1) is 26.4 Å². The number of methoxy groups -OCH3 is 3. The second-order valence-electron chi connectivity index (χ2n) is 3.43. The molecular weight excluding hydrogens is 240 g/mol. The van der Waals surface area contributed by atoms with Gasteiger partial charge in [-0.3, -0.25) is 4.79 Å². The highest BCUT2D eigenvalue weighted by molar-refractivity contribution is 6.40. The summed E-state index contributed by atoms with van der Waals surface area (Å²) in [5, 5.41) is 8.76. The highest BCUT2D eigenvalue weighted by atomic mass is 16.5. The van der Waals surface area contributed by atoms with E-state index < -0.39 is 11.8 Å². The molecule has 98 valence electrons. The molecule has 0 aliphatic heterocycles. The van der Waals surface area contributed by atoms with Crippen molar-refractivity contribution in [1.29, 1.82) is 0 Å². The van der Waals surface area contributed by atoms with E-state index in [4.69, 9.17) is 19.3 Å². The molecule has 0 amide bonds. The Kier molecular flexibility index (Phi) is 4.67. The third-order valence-electron chi connectivity index (χ3n) is 2.32. The molecule has 1 rings (SSSR count). The van der Waals surface area contributed by atoms with E-state index >= 15 is 0 Å². The summed E-state index contributed by atoms with van der Waals surface area (Å²) in [6.07, 6.45) is 0. The Labute approximate surface area is 104 Å². The fraction of sp³-hybridized carbons (Fsp3) is 0.333. The first-order valence-electron chi connectivity index (χ1n) is 5.06. The Morgan fingerprint density at radius 1 is 1.17 bits per heavy atom. The lowest BCUT2D eigenvalue weighted by molar-refractivity contribution is -0.131. The number of ketones is 1. The Hall–Kier alpha value is -2.08. The second-order valence-corrected chi connectivity index (χ2v) is 3.43. The molecule has 6 heteroatoms. The van der Waals surface area contributed by atoms with E-state index in [1.54, 1.807) is 6.07 Å². The number of aliphatic carboxylic acids is 1. The van der Waals surface area contributed by atoms with Crippen LogP contribution in [0.1, 0.15) is 15.9 Å². The van der Waals surface area contributed by atoms with E-state index in [0.717, 1.165) is 0 Å². The largest absolute Gasteiger partial charge is 0.497 e. The number of carboxylic acids is 1. The van der Waals surface area contributed by atoms with Gasteiger partial charge in [-0.15, -0.1) is 0 Å². The third-order valence-corrected chi connectivity index (χ3v) is 2.32. The number of carbonyl (C=O) groups excluding carboxylic acids is 1. The molecule has 0 atom stereocenters. The Morgan fingerprint density at radius 2 is 1.83 bits per heavy atom. The average molecular weight is 254 g/mol. The van der Waals surface area contributed by atoms with Crippen LogP contribution in [0, 0.1) is 0 Å². The number of hydrogen-bond donors (Lipinski definition) is 1. The summed E-state index contributed by atoms with van der Waals surface area (Å²) in [4.78, 5) is 22.3. The second kappa shape index (κ2) is 6.02. The van der Waals surface area contributed by atoms with Crippen molar-refractivity contribution < 1.29 is 28.9 Å². The quantitative estimate of drug-likeness (QED) is 0.605. The Balaban J connectivity index is 3.41. The first-order valence-corrected chi connectivity index (χ1v) is 5.06. The zero-order valence-corrected chi connectivity index (χ0v) is 10.4. The molecule has 0 aliphatic carbocycles. The minimum absolute atomic E-state index is 0.0589. The molecule has 0 aliphatic rings. The molecule has 0 saturated carbocycles. The van der Waals surface area contributed by atoms with E-state index in [-0.39, 0.29) is 17.9 Å². The number of rotatable bonds is 6. The summed E-state index contributed by atoms with van der Waals surface area (Å²) in [5.41, 5.74) is 0.486. The lowest BCUT2D eigenvalue weighted by Gasteiger charge is -2.13. The van der Waals surface area contributed by atoms with Crippen molar-refractivity contribution in [3.8, 4) is 11.5 Å². The van der Waals surface area contributed by atoms with Crippen molar-refractivity contribution in [1.82, 2.24) is 0 Å². The summed E-state index contributed by atoms with van der Waals surface area (Å²) in [6.45, 7) is 0.181. The van der Waals surface area contributed by atoms with Crippen LogP contribution < -0.4 is 9.47 Å². The van der Waals surface area contributed by atoms with Gasteiger partial charge in [0.1, 0.15) is 11.5 Å². The van der Waals surface area contributed by atoms with E-state index in [1.807, 2.05) is 0 Å². The van der Waals surface area contributed by atoms with E-state index in [1.165, 1.54) is 27.4 Å². The summed E-state index contributed by atoms with van der Waals surface area (Å²) < 4.78 is 15.1. The molecule has 0 spiro atoms. The molecule has 18 heavy (non-hydrogen) atoms. The van der Waals surface area contributed by atoms with Gasteiger partial charge in [0.2, 0.25) is 0 Å². The van der Waals surface area contributed by atoms with Gasteiger partial charge in [-0.05, 0) is 12.1 Å². The maximum absolute atomic E-state index is 11.6. The number of hydrogen-bond acceptors (Lipinski definition) is 5. The number of carbonyl (C=O) groups is 2. The normalized spacial score (nSPS) is 9.94. The van der Waals surface area contributed by atoms with Gasteiger partial charge in [0.15, 0.2) is 0 Å². The van der Waals surface area contributed by atoms with Crippen molar-refractivity contribution in [3.05, 3.63) is 23.3 Å². The van der Waals surface area contributed by atoms with E-state index in [9.17, 15) is 9.59 Å². The van der Waals surface area contributed by atoms with E-state index in [0.29, 0.717) is 11.3 Å². The molecule has 0 fully saturated rings. The fourth-order valence-corrected chi connectivity index (χ4v) is 1.57. The smallest absolute Gasteiger partial charge is 0.377 e. The van der Waals surface area contributed by atoms with Gasteiger partial charge >= 0.3 is 5.97 Å². The molecule has 0 unspecified atom stereocenters. The number of carboxylic acid groups (broad SMARTS) is 1. The van der Waals surface area contributed by atoms with Crippen LogP contribution in [0.15, 0.2) is 12.1 Å². The SMILES string of the molecule is COCc1cc(OC)cc(C(=O)C(=O)O)c1OC. The van der Waals surface area contributed by atoms with E-state index in [2.05, 4.69) is 0 Å². The van der Waals surface area contributed by atoms with Gasteiger partial charge < -0.3 is 19.3 Å². The van der Waals surface area contributed by atoms with Crippen LogP contribution in [0.5, 0.6) is 11.5 Å². The predicted molar refractivity (Wildman–Crippen MR) is 62.2 cm³/mol. The van der Waals surface area contributed by atoms with Crippen molar-refractivity contribution in [3.63, 3.8) is 0 Å². The highest BCUT2D eigenvalue weighted by Crippen LogP contribution is 2.30. The minimum Gasteiger partial charge on any atom is -0.497 e. The maximum atomic E-state index is 11.6. The van der Waals surface area contributed by atoms with Crippen LogP contribution in [0.3, 0.4) is 0 Å². The molecular formula is C12H14O6. The number of benzene rings is 1. The molecule has 1 aromatic rings. The van der Waals surface area contributed by atoms with Gasteiger partial charge in [0, 0.05) is 12.7 Å². The molecule has 0 bridgehead atoms. The summed E-state index contributed by atoms with van der Waals surface area (Å²) >= 11 is 0. The van der Waals surface area contributed by atoms with Crippen molar-refractivity contribution >= 4 is 11.8 Å². The predicted octanol–water partition coefficient (Wildman–Crippen LogP) is 1.12. The van der Waals surface area contributed by atoms with Gasteiger partial charge in [-0.1, -0.05) is 0 Å². The van der Waals surface area contributed by atoms with Crippen molar-refractivity contribution in [2.45, 2.75) is 6.61 Å². The van der Waals surface area contributed by atoms with Crippen LogP contribution in [0.25, 0.3) is 0 Å². The zero-order valence-electron chi connectivity index (χ0n) is 10.4. The Bertz CT molecular complexity index is 466. The lowest BCUT2D eigenvalue weighted by Crippen LogP contribution is -2.15. The maximum Gasteiger partial charge on any atom is 0.377 e. The molecule has 0 aromatic heterocycles. The monoisotopic (exact) mass is 254 g/mol. The summed E-state index contributed by atoms with van der Waals surface area (Å²) in [7, 11) is 4.27. The highest BCUT2D eigenvalue weighted by Gasteiger charge is 2.23. The molecule has 6 nitrogen and oxygen atoms in total. The zero-order chi connectivity index (χ0) is 13.7. The van der Waals surface area contributed by atoms with Crippen LogP contribution >= 0.6 is 0 Å². The van der Waals surface area contributed by atoms with Gasteiger partial charge in [0.25, 0.3) is 5.78 Å². The standard InChI is InChI=1S/C12H14O6/c1-16-6-7-4-8(17-2)5-9(11(7)18-3)10(13)12(14)15/h4-5H,6H2,1-3H3,(H,14,15). The van der Waals surface area contributed by atoms with Gasteiger partial charge in [-0.2, -0.15) is 0 Å². The summed E-state index contributed by atoms with van der Waals surface area (Å²) in [5.74, 6) is -2.05. The molecule has 1 N–H and O–H groups in total. The number of ether oxygens (including phenoxy) is 3. The lowest BCUT2D eigenvalue weighted by atomic mass is 10.0. The topological polar surface area (TPSA) is 82.1 Å². The molecule has 0 radical (unpaired) electrons. The third kappa shape index (κ3) is 2.78. The van der Waals surface area contributed by atoms with Crippen LogP contribution in [0.2, 0.25) is 0 Å². The Morgan fingerprint density at radius 3 is 2.28 bits per heavy atom. The van der Waals surface area contributed by atoms with Crippen molar-refractivity contribution in [2.75, 3.05) is 21.3 Å². The first-order chi connectivity index (χ1) is 8.54.